The van der Waals surface area contributed by atoms with E-state index in [0.717, 1.165) is 47.3 Å². The van der Waals surface area contributed by atoms with Crippen LogP contribution in [0.15, 0.2) is 11.6 Å². The number of hydrogen-bond donors (Lipinski definition) is 0. The van der Waals surface area contributed by atoms with Crippen LogP contribution in [-0.2, 0) is 0 Å². The molecule has 0 amide bonds. The van der Waals surface area contributed by atoms with Gasteiger partial charge in [-0.1, -0.05) is 153 Å². The molecule has 1 fully saturated rings. The molecule has 0 nitrogen and oxygen atoms in total. The largest absolute Gasteiger partial charge is 0.0850 e. The molecule has 36 heavy (non-hydrogen) atoms. The monoisotopic (exact) mass is 503 g/mol. The summed E-state index contributed by atoms with van der Waals surface area (Å²) in [6.07, 6.45) is 17.8. The first-order valence-electron chi connectivity index (χ1n) is 16.4. The van der Waals surface area contributed by atoms with Gasteiger partial charge in [-0.2, -0.15) is 0 Å². The van der Waals surface area contributed by atoms with Crippen molar-refractivity contribution in [2.75, 3.05) is 0 Å². The summed E-state index contributed by atoms with van der Waals surface area (Å²) in [6, 6.07) is 0. The summed E-state index contributed by atoms with van der Waals surface area (Å²) in [6.45, 7) is 32.3. The van der Waals surface area contributed by atoms with Crippen LogP contribution < -0.4 is 0 Å². The van der Waals surface area contributed by atoms with Gasteiger partial charge in [0.25, 0.3) is 0 Å². The van der Waals surface area contributed by atoms with Gasteiger partial charge in [0.1, 0.15) is 0 Å². The average molecular weight is 503 g/mol. The molecule has 0 saturated heterocycles. The van der Waals surface area contributed by atoms with Crippen LogP contribution in [0.5, 0.6) is 0 Å². The molecule has 214 valence electrons. The van der Waals surface area contributed by atoms with E-state index in [0.29, 0.717) is 10.8 Å². The van der Waals surface area contributed by atoms with E-state index in [9.17, 15) is 0 Å². The minimum Gasteiger partial charge on any atom is -0.0850 e. The minimum atomic E-state index is 0.394. The number of unbranched alkanes of at least 4 members (excludes halogenated alkanes) is 1. The van der Waals surface area contributed by atoms with Crippen molar-refractivity contribution in [3.63, 3.8) is 0 Å². The van der Waals surface area contributed by atoms with Crippen molar-refractivity contribution in [3.05, 3.63) is 11.6 Å². The van der Waals surface area contributed by atoms with Crippen molar-refractivity contribution in [1.82, 2.24) is 0 Å². The topological polar surface area (TPSA) is 0 Å². The van der Waals surface area contributed by atoms with Gasteiger partial charge in [0.05, 0.1) is 0 Å². The Hall–Kier alpha value is -0.260. The van der Waals surface area contributed by atoms with Gasteiger partial charge in [0.2, 0.25) is 0 Å². The highest BCUT2D eigenvalue weighted by Crippen LogP contribution is 2.47. The van der Waals surface area contributed by atoms with Crippen molar-refractivity contribution in [2.24, 2.45) is 58.2 Å². The molecule has 0 aromatic heterocycles. The first-order valence-corrected chi connectivity index (χ1v) is 16.4. The summed E-state index contributed by atoms with van der Waals surface area (Å²) in [7, 11) is 0. The summed E-state index contributed by atoms with van der Waals surface area (Å²) >= 11 is 0. The molecule has 0 bridgehead atoms. The molecular weight excluding hydrogens is 432 g/mol. The third-order valence-electron chi connectivity index (χ3n) is 12.0. The number of allylic oxidation sites excluding steroid dienone is 2. The number of rotatable bonds is 18. The second-order valence-electron chi connectivity index (χ2n) is 14.9. The van der Waals surface area contributed by atoms with Gasteiger partial charge in [-0.15, -0.1) is 0 Å². The van der Waals surface area contributed by atoms with Gasteiger partial charge < -0.3 is 0 Å². The fourth-order valence-corrected chi connectivity index (χ4v) is 7.19. The maximum absolute atomic E-state index is 2.75. The van der Waals surface area contributed by atoms with E-state index >= 15 is 0 Å². The van der Waals surface area contributed by atoms with Gasteiger partial charge in [-0.3, -0.25) is 0 Å². The molecule has 0 aromatic carbocycles. The maximum atomic E-state index is 2.75. The Morgan fingerprint density at radius 1 is 0.861 bits per heavy atom. The predicted molar refractivity (Wildman–Crippen MR) is 165 cm³/mol. The van der Waals surface area contributed by atoms with Crippen LogP contribution in [0.1, 0.15) is 161 Å². The molecule has 1 aliphatic rings. The normalized spacial score (nSPS) is 21.7. The Morgan fingerprint density at radius 2 is 1.47 bits per heavy atom. The minimum absolute atomic E-state index is 0.394. The highest BCUT2D eigenvalue weighted by molar-refractivity contribution is 5.09. The molecule has 6 unspecified atom stereocenters. The predicted octanol–water partition coefficient (Wildman–Crippen LogP) is 12.4. The molecule has 0 radical (unpaired) electrons. The fraction of sp³-hybridized carbons (Fsp3) is 0.944. The van der Waals surface area contributed by atoms with Crippen LogP contribution in [0.2, 0.25) is 0 Å². The number of hydrogen-bond acceptors (Lipinski definition) is 0. The molecule has 1 rings (SSSR count). The van der Waals surface area contributed by atoms with E-state index in [1.807, 2.05) is 0 Å². The highest BCUT2D eigenvalue weighted by Gasteiger charge is 2.37. The lowest BCUT2D eigenvalue weighted by Gasteiger charge is -2.44. The second kappa shape index (κ2) is 15.4. The Kier molecular flexibility index (Phi) is 14.4. The summed E-state index contributed by atoms with van der Waals surface area (Å²) in [4.78, 5) is 0. The third-order valence-corrected chi connectivity index (χ3v) is 12.0. The SMILES string of the molecule is CCCCC(C)C(C1CCC1)C(C)C(C)CC(=CCC(CC)C(C)(C)C(C)C)CC(C)(CC)C(C)C. The molecule has 0 N–H and O–H groups in total. The summed E-state index contributed by atoms with van der Waals surface area (Å²) < 4.78 is 0. The second-order valence-corrected chi connectivity index (χ2v) is 14.9. The van der Waals surface area contributed by atoms with Crippen LogP contribution in [0.3, 0.4) is 0 Å². The van der Waals surface area contributed by atoms with Gasteiger partial charge in [-0.25, -0.2) is 0 Å². The highest BCUT2D eigenvalue weighted by atomic mass is 14.4. The molecule has 1 aliphatic carbocycles. The zero-order valence-electron chi connectivity index (χ0n) is 27.5. The lowest BCUT2D eigenvalue weighted by molar-refractivity contribution is 0.0674. The van der Waals surface area contributed by atoms with E-state index in [4.69, 9.17) is 0 Å². The first-order chi connectivity index (χ1) is 16.7. The van der Waals surface area contributed by atoms with Crippen molar-refractivity contribution in [2.45, 2.75) is 161 Å². The van der Waals surface area contributed by atoms with Crippen molar-refractivity contribution in [3.8, 4) is 0 Å². The first kappa shape index (κ1) is 33.8. The van der Waals surface area contributed by atoms with E-state index < -0.39 is 0 Å². The van der Waals surface area contributed by atoms with Crippen LogP contribution in [0.4, 0.5) is 0 Å². The Labute approximate surface area is 230 Å². The zero-order valence-corrected chi connectivity index (χ0v) is 27.5. The Balaban J connectivity index is 3.18. The molecule has 0 aromatic rings. The lowest BCUT2D eigenvalue weighted by Crippen LogP contribution is -2.35. The van der Waals surface area contributed by atoms with Gasteiger partial charge in [-0.05, 0) is 77.4 Å². The fourth-order valence-electron chi connectivity index (χ4n) is 7.19. The van der Waals surface area contributed by atoms with Crippen LogP contribution >= 0.6 is 0 Å². The van der Waals surface area contributed by atoms with Crippen LogP contribution in [0.25, 0.3) is 0 Å². The van der Waals surface area contributed by atoms with E-state index in [-0.39, 0.29) is 0 Å². The van der Waals surface area contributed by atoms with Crippen molar-refractivity contribution >= 4 is 0 Å². The van der Waals surface area contributed by atoms with Gasteiger partial charge in [0, 0.05) is 0 Å². The van der Waals surface area contributed by atoms with Crippen molar-refractivity contribution < 1.29 is 0 Å². The maximum Gasteiger partial charge on any atom is -0.0264 e. The summed E-state index contributed by atoms with van der Waals surface area (Å²) in [5.74, 6) is 6.62. The van der Waals surface area contributed by atoms with Crippen LogP contribution in [0, 0.1) is 58.2 Å². The van der Waals surface area contributed by atoms with E-state index in [1.165, 1.54) is 70.6 Å². The summed E-state index contributed by atoms with van der Waals surface area (Å²) in [5.41, 5.74) is 2.58. The molecule has 0 heterocycles. The summed E-state index contributed by atoms with van der Waals surface area (Å²) in [5, 5.41) is 0. The molecule has 0 aliphatic heterocycles. The smallest absolute Gasteiger partial charge is 0.0264 e. The van der Waals surface area contributed by atoms with Crippen LogP contribution in [-0.4, -0.2) is 0 Å². The average Bonchev–Trinajstić information content (AvgIpc) is 2.78. The lowest BCUT2D eigenvalue weighted by atomic mass is 9.62. The Bertz CT molecular complexity index is 618. The van der Waals surface area contributed by atoms with Gasteiger partial charge >= 0.3 is 0 Å². The Morgan fingerprint density at radius 3 is 1.89 bits per heavy atom. The zero-order chi connectivity index (χ0) is 27.7. The molecular formula is C36H70. The van der Waals surface area contributed by atoms with Gasteiger partial charge in [0.15, 0.2) is 0 Å². The molecule has 1 saturated carbocycles. The quantitative estimate of drug-likeness (QED) is 0.163. The third kappa shape index (κ3) is 9.19. The van der Waals surface area contributed by atoms with Crippen molar-refractivity contribution in [1.29, 1.82) is 0 Å². The van der Waals surface area contributed by atoms with E-state index in [1.54, 1.807) is 5.57 Å². The molecule has 0 heteroatoms. The standard InChI is InChI=1S/C36H70/c1-14-17-19-28(8)34(32-20-18-21-32)30(10)29(9)24-31(25-36(13,16-3)27(6)7)22-23-33(15-2)35(11,12)26(4)5/h22,26-30,32-34H,14-21,23-25H2,1-13H3. The molecule has 0 spiro atoms. The molecule has 6 atom stereocenters. The van der Waals surface area contributed by atoms with E-state index in [2.05, 4.69) is 96.1 Å².